The predicted octanol–water partition coefficient (Wildman–Crippen LogP) is 2.73. The standard InChI is InChI=1S/C13H13ClN2O3S/c1-19-13-7-4-10(8-12(13)14)16-20(17,18)11-5-2-9(15)3-6-11/h2-8,16H,15H2,1H3. The van der Waals surface area contributed by atoms with E-state index in [1.165, 1.54) is 37.4 Å². The first-order valence-corrected chi connectivity index (χ1v) is 7.50. The molecule has 0 radical (unpaired) electrons. The van der Waals surface area contributed by atoms with E-state index >= 15 is 0 Å². The molecule has 0 heterocycles. The number of sulfonamides is 1. The van der Waals surface area contributed by atoms with E-state index in [9.17, 15) is 8.42 Å². The Morgan fingerprint density at radius 1 is 1.15 bits per heavy atom. The highest BCUT2D eigenvalue weighted by atomic mass is 35.5. The summed E-state index contributed by atoms with van der Waals surface area (Å²) in [7, 11) is -2.19. The first-order chi connectivity index (χ1) is 9.42. The van der Waals surface area contributed by atoms with Crippen molar-refractivity contribution in [3.8, 4) is 5.75 Å². The zero-order chi connectivity index (χ0) is 14.8. The minimum atomic E-state index is -3.67. The van der Waals surface area contributed by atoms with Crippen molar-refractivity contribution in [2.24, 2.45) is 0 Å². The smallest absolute Gasteiger partial charge is 0.261 e. The maximum absolute atomic E-state index is 12.2. The number of methoxy groups -OCH3 is 1. The van der Waals surface area contributed by atoms with Crippen molar-refractivity contribution in [2.75, 3.05) is 17.6 Å². The van der Waals surface area contributed by atoms with E-state index in [4.69, 9.17) is 22.1 Å². The molecule has 7 heteroatoms. The Hall–Kier alpha value is -1.92. The van der Waals surface area contributed by atoms with Gasteiger partial charge in [-0.25, -0.2) is 8.42 Å². The molecule has 0 saturated heterocycles. The molecule has 5 nitrogen and oxygen atoms in total. The van der Waals surface area contributed by atoms with E-state index in [1.54, 1.807) is 12.1 Å². The maximum atomic E-state index is 12.2. The van der Waals surface area contributed by atoms with Crippen LogP contribution in [0.25, 0.3) is 0 Å². The third-order valence-electron chi connectivity index (χ3n) is 2.59. The van der Waals surface area contributed by atoms with Gasteiger partial charge in [0.05, 0.1) is 22.7 Å². The first-order valence-electron chi connectivity index (χ1n) is 5.64. The fourth-order valence-electron chi connectivity index (χ4n) is 1.59. The van der Waals surface area contributed by atoms with Crippen LogP contribution in [0.4, 0.5) is 11.4 Å². The molecular weight excluding hydrogens is 300 g/mol. The Bertz CT molecular complexity index is 715. The molecule has 2 aromatic carbocycles. The van der Waals surface area contributed by atoms with Crippen LogP contribution < -0.4 is 15.2 Å². The Balaban J connectivity index is 2.28. The Labute approximate surface area is 122 Å². The summed E-state index contributed by atoms with van der Waals surface area (Å²) < 4.78 is 31.7. The van der Waals surface area contributed by atoms with Gasteiger partial charge < -0.3 is 10.5 Å². The molecule has 2 aromatic rings. The first kappa shape index (κ1) is 14.5. The number of ether oxygens (including phenoxy) is 1. The molecule has 0 atom stereocenters. The summed E-state index contributed by atoms with van der Waals surface area (Å²) in [6.07, 6.45) is 0. The quantitative estimate of drug-likeness (QED) is 0.851. The lowest BCUT2D eigenvalue weighted by Gasteiger charge is -2.10. The maximum Gasteiger partial charge on any atom is 0.261 e. The molecule has 2 rings (SSSR count). The molecule has 0 aliphatic carbocycles. The van der Waals surface area contributed by atoms with Crippen LogP contribution in [0.5, 0.6) is 5.75 Å². The topological polar surface area (TPSA) is 81.4 Å². The van der Waals surface area contributed by atoms with Crippen molar-refractivity contribution in [2.45, 2.75) is 4.90 Å². The average molecular weight is 313 g/mol. The zero-order valence-corrected chi connectivity index (χ0v) is 12.2. The molecule has 0 unspecified atom stereocenters. The second kappa shape index (κ2) is 5.60. The van der Waals surface area contributed by atoms with Crippen LogP contribution in [0.1, 0.15) is 0 Å². The molecule has 0 saturated carbocycles. The number of anilines is 2. The van der Waals surface area contributed by atoms with E-state index in [1.807, 2.05) is 0 Å². The SMILES string of the molecule is COc1ccc(NS(=O)(=O)c2ccc(N)cc2)cc1Cl. The van der Waals surface area contributed by atoms with Gasteiger partial charge in [-0.2, -0.15) is 0 Å². The number of nitrogens with two attached hydrogens (primary N) is 1. The Morgan fingerprint density at radius 2 is 1.80 bits per heavy atom. The van der Waals surface area contributed by atoms with Gasteiger partial charge in [-0.05, 0) is 42.5 Å². The fourth-order valence-corrected chi connectivity index (χ4v) is 2.90. The molecular formula is C13H13ClN2O3S. The summed E-state index contributed by atoms with van der Waals surface area (Å²) in [6, 6.07) is 10.6. The van der Waals surface area contributed by atoms with Crippen LogP contribution in [0.2, 0.25) is 5.02 Å². The summed E-state index contributed by atoms with van der Waals surface area (Å²) in [5.41, 5.74) is 6.38. The zero-order valence-electron chi connectivity index (χ0n) is 10.6. The van der Waals surface area contributed by atoms with Crippen molar-refractivity contribution in [1.82, 2.24) is 0 Å². The third kappa shape index (κ3) is 3.15. The largest absolute Gasteiger partial charge is 0.495 e. The summed E-state index contributed by atoms with van der Waals surface area (Å²) >= 11 is 5.95. The molecule has 0 amide bonds. The lowest BCUT2D eigenvalue weighted by molar-refractivity contribution is 0.415. The second-order valence-electron chi connectivity index (χ2n) is 4.02. The Kier molecular flexibility index (Phi) is 4.06. The van der Waals surface area contributed by atoms with Crippen molar-refractivity contribution in [1.29, 1.82) is 0 Å². The average Bonchev–Trinajstić information content (AvgIpc) is 2.39. The van der Waals surface area contributed by atoms with E-state index in [0.29, 0.717) is 22.1 Å². The highest BCUT2D eigenvalue weighted by molar-refractivity contribution is 7.92. The third-order valence-corrected chi connectivity index (χ3v) is 4.29. The van der Waals surface area contributed by atoms with Crippen LogP contribution in [0, 0.1) is 0 Å². The molecule has 0 spiro atoms. The van der Waals surface area contributed by atoms with Gasteiger partial charge in [0.2, 0.25) is 0 Å². The summed E-state index contributed by atoms with van der Waals surface area (Å²) in [6.45, 7) is 0. The molecule has 0 fully saturated rings. The van der Waals surface area contributed by atoms with E-state index < -0.39 is 10.0 Å². The van der Waals surface area contributed by atoms with Crippen molar-refractivity contribution in [3.63, 3.8) is 0 Å². The predicted molar refractivity (Wildman–Crippen MR) is 79.7 cm³/mol. The molecule has 0 bridgehead atoms. The van der Waals surface area contributed by atoms with Crippen LogP contribution >= 0.6 is 11.6 Å². The molecule has 20 heavy (non-hydrogen) atoms. The molecule has 106 valence electrons. The second-order valence-corrected chi connectivity index (χ2v) is 6.11. The molecule has 0 aliphatic heterocycles. The van der Waals surface area contributed by atoms with Crippen molar-refractivity contribution < 1.29 is 13.2 Å². The molecule has 0 aromatic heterocycles. The van der Waals surface area contributed by atoms with Gasteiger partial charge in [0.15, 0.2) is 0 Å². The number of hydrogen-bond acceptors (Lipinski definition) is 4. The molecule has 0 aliphatic rings. The van der Waals surface area contributed by atoms with E-state index in [2.05, 4.69) is 4.72 Å². The van der Waals surface area contributed by atoms with Gasteiger partial charge >= 0.3 is 0 Å². The number of nitrogens with one attached hydrogen (secondary N) is 1. The lowest BCUT2D eigenvalue weighted by atomic mass is 10.3. The van der Waals surface area contributed by atoms with Gasteiger partial charge in [-0.3, -0.25) is 4.72 Å². The van der Waals surface area contributed by atoms with E-state index in [-0.39, 0.29) is 4.90 Å². The van der Waals surface area contributed by atoms with Gasteiger partial charge in [-0.1, -0.05) is 11.6 Å². The number of halogens is 1. The van der Waals surface area contributed by atoms with E-state index in [0.717, 1.165) is 0 Å². The van der Waals surface area contributed by atoms with Gasteiger partial charge in [0, 0.05) is 5.69 Å². The highest BCUT2D eigenvalue weighted by Gasteiger charge is 2.14. The minimum absolute atomic E-state index is 0.124. The van der Waals surface area contributed by atoms with Crippen LogP contribution in [0.15, 0.2) is 47.4 Å². The fraction of sp³-hybridized carbons (Fsp3) is 0.0769. The number of nitrogen functional groups attached to an aromatic ring is 1. The van der Waals surface area contributed by atoms with Gasteiger partial charge in [-0.15, -0.1) is 0 Å². The molecule has 3 N–H and O–H groups in total. The summed E-state index contributed by atoms with van der Waals surface area (Å²) in [5.74, 6) is 0.474. The monoisotopic (exact) mass is 312 g/mol. The van der Waals surface area contributed by atoms with Crippen LogP contribution in [0.3, 0.4) is 0 Å². The van der Waals surface area contributed by atoms with Crippen molar-refractivity contribution >= 4 is 33.0 Å². The van der Waals surface area contributed by atoms with Crippen LogP contribution in [-0.4, -0.2) is 15.5 Å². The number of rotatable bonds is 4. The highest BCUT2D eigenvalue weighted by Crippen LogP contribution is 2.28. The van der Waals surface area contributed by atoms with Crippen molar-refractivity contribution in [3.05, 3.63) is 47.5 Å². The summed E-state index contributed by atoms with van der Waals surface area (Å²) in [4.78, 5) is 0.124. The van der Waals surface area contributed by atoms with Crippen LogP contribution in [-0.2, 0) is 10.0 Å². The minimum Gasteiger partial charge on any atom is -0.495 e. The Morgan fingerprint density at radius 3 is 2.35 bits per heavy atom. The number of benzene rings is 2. The normalized spacial score (nSPS) is 11.1. The summed E-state index contributed by atoms with van der Waals surface area (Å²) in [5, 5.41) is 0.324. The van der Waals surface area contributed by atoms with Gasteiger partial charge in [0.25, 0.3) is 10.0 Å². The number of hydrogen-bond donors (Lipinski definition) is 2. The van der Waals surface area contributed by atoms with Gasteiger partial charge in [0.1, 0.15) is 5.75 Å². The lowest BCUT2D eigenvalue weighted by Crippen LogP contribution is -2.12.